The zero-order chi connectivity index (χ0) is 21.5. The molecule has 0 unspecified atom stereocenters. The first kappa shape index (κ1) is 18.8. The molecule has 0 saturated heterocycles. The molecule has 3 heterocycles. The van der Waals surface area contributed by atoms with Gasteiger partial charge in [0.1, 0.15) is 16.8 Å². The fourth-order valence-electron chi connectivity index (χ4n) is 3.56. The number of esters is 1. The van der Waals surface area contributed by atoms with E-state index in [0.717, 1.165) is 27.8 Å². The summed E-state index contributed by atoms with van der Waals surface area (Å²) in [6, 6.07) is 13.7. The Labute approximate surface area is 176 Å². The molecule has 2 aliphatic rings. The van der Waals surface area contributed by atoms with Gasteiger partial charge in [0, 0.05) is 24.5 Å². The molecule has 0 saturated carbocycles. The summed E-state index contributed by atoms with van der Waals surface area (Å²) in [6.45, 7) is 2.47. The zero-order valence-corrected chi connectivity index (χ0v) is 16.9. The molecule has 1 aromatic heterocycles. The van der Waals surface area contributed by atoms with E-state index in [-0.39, 0.29) is 11.1 Å². The summed E-state index contributed by atoms with van der Waals surface area (Å²) < 4.78 is 12.5. The van der Waals surface area contributed by atoms with Crippen molar-refractivity contribution in [2.45, 2.75) is 13.5 Å². The van der Waals surface area contributed by atoms with Crippen molar-refractivity contribution in [1.29, 1.82) is 0 Å². The number of aryl methyl sites for hydroxylation is 1. The molecular weight excluding hydrogens is 396 g/mol. The van der Waals surface area contributed by atoms with Gasteiger partial charge in [-0.2, -0.15) is 5.10 Å². The second kappa shape index (κ2) is 7.24. The lowest BCUT2D eigenvalue weighted by Crippen LogP contribution is -2.12. The van der Waals surface area contributed by atoms with Gasteiger partial charge >= 0.3 is 5.97 Å². The zero-order valence-electron chi connectivity index (χ0n) is 16.9. The minimum Gasteiger partial charge on any atom is -0.465 e. The average Bonchev–Trinajstić information content (AvgIpc) is 3.36. The summed E-state index contributed by atoms with van der Waals surface area (Å²) in [7, 11) is 1.29. The summed E-state index contributed by atoms with van der Waals surface area (Å²) >= 11 is 0. The number of hydrogen-bond donors (Lipinski definition) is 1. The normalized spacial score (nSPS) is 11.3. The van der Waals surface area contributed by atoms with Gasteiger partial charge in [0.25, 0.3) is 5.56 Å². The Morgan fingerprint density at radius 3 is 2.74 bits per heavy atom. The van der Waals surface area contributed by atoms with Crippen molar-refractivity contribution in [3.05, 3.63) is 81.9 Å². The summed E-state index contributed by atoms with van der Waals surface area (Å²) in [5.41, 5.74) is 5.06. The lowest BCUT2D eigenvalue weighted by Gasteiger charge is -2.12. The van der Waals surface area contributed by atoms with Crippen molar-refractivity contribution in [2.75, 3.05) is 7.11 Å². The number of ether oxygens (including phenoxy) is 1. The summed E-state index contributed by atoms with van der Waals surface area (Å²) in [5.74, 6) is 0.0102. The van der Waals surface area contributed by atoms with Crippen molar-refractivity contribution in [3.8, 4) is 22.7 Å². The number of carbonyl (C=O) groups excluding carboxylic acids is 1. The molecule has 0 radical (unpaired) electrons. The molecular formula is C23H18N4O4. The van der Waals surface area contributed by atoms with E-state index >= 15 is 0 Å². The number of aromatic nitrogens is 4. The van der Waals surface area contributed by atoms with Gasteiger partial charge in [-0.25, -0.2) is 14.9 Å². The second-order valence-electron chi connectivity index (χ2n) is 7.34. The van der Waals surface area contributed by atoms with E-state index < -0.39 is 5.97 Å². The van der Waals surface area contributed by atoms with Gasteiger partial charge in [-0.3, -0.25) is 4.79 Å². The molecule has 8 heteroatoms. The molecule has 2 aliphatic heterocycles. The third-order valence-electron chi connectivity index (χ3n) is 5.13. The van der Waals surface area contributed by atoms with Gasteiger partial charge in [0.15, 0.2) is 5.58 Å². The highest BCUT2D eigenvalue weighted by Crippen LogP contribution is 2.26. The van der Waals surface area contributed by atoms with E-state index in [1.807, 2.05) is 49.4 Å². The van der Waals surface area contributed by atoms with Crippen LogP contribution >= 0.6 is 0 Å². The molecule has 154 valence electrons. The van der Waals surface area contributed by atoms with Crippen LogP contribution in [0.5, 0.6) is 0 Å². The molecule has 0 amide bonds. The Balaban J connectivity index is 1.46. The lowest BCUT2D eigenvalue weighted by atomic mass is 10.1. The van der Waals surface area contributed by atoms with E-state index in [1.165, 1.54) is 7.11 Å². The van der Waals surface area contributed by atoms with Crippen LogP contribution in [0, 0.1) is 6.92 Å². The first-order chi connectivity index (χ1) is 15.0. The SMILES string of the molecule is COC(=O)c1cn(Cc2ccc(-c3nc4cc(C)ccc4o3)cc2)cc2c(=O)[nH]nc1-2. The predicted molar refractivity (Wildman–Crippen MR) is 114 cm³/mol. The van der Waals surface area contributed by atoms with E-state index in [1.54, 1.807) is 17.0 Å². The monoisotopic (exact) mass is 414 g/mol. The molecule has 0 spiro atoms. The van der Waals surface area contributed by atoms with Crippen LogP contribution in [0.1, 0.15) is 21.5 Å². The average molecular weight is 414 g/mol. The molecule has 0 fully saturated rings. The molecule has 1 N–H and O–H groups in total. The number of fused-ring (bicyclic) bond motifs is 2. The fourth-order valence-corrected chi connectivity index (χ4v) is 3.56. The first-order valence-electron chi connectivity index (χ1n) is 9.65. The van der Waals surface area contributed by atoms with Crippen LogP contribution in [-0.4, -0.2) is 32.8 Å². The van der Waals surface area contributed by atoms with Crippen LogP contribution in [0.25, 0.3) is 33.8 Å². The lowest BCUT2D eigenvalue weighted by molar-refractivity contribution is 0.0600. The molecule has 0 bridgehead atoms. The second-order valence-corrected chi connectivity index (χ2v) is 7.34. The summed E-state index contributed by atoms with van der Waals surface area (Å²) in [4.78, 5) is 28.7. The predicted octanol–water partition coefficient (Wildman–Crippen LogP) is 3.63. The molecule has 0 atom stereocenters. The number of pyridine rings is 1. The number of nitrogens with one attached hydrogen (secondary N) is 1. The van der Waals surface area contributed by atoms with Crippen molar-refractivity contribution in [1.82, 2.24) is 19.7 Å². The first-order valence-corrected chi connectivity index (χ1v) is 9.65. The number of methoxy groups -OCH3 is 1. The van der Waals surface area contributed by atoms with E-state index in [0.29, 0.717) is 23.7 Å². The van der Waals surface area contributed by atoms with E-state index in [4.69, 9.17) is 9.15 Å². The van der Waals surface area contributed by atoms with Crippen LogP contribution in [0.4, 0.5) is 0 Å². The number of oxazole rings is 1. The maximum Gasteiger partial charge on any atom is 0.341 e. The van der Waals surface area contributed by atoms with Crippen LogP contribution < -0.4 is 5.56 Å². The number of H-pyrrole nitrogens is 1. The van der Waals surface area contributed by atoms with Gasteiger partial charge in [-0.1, -0.05) is 18.2 Å². The minimum atomic E-state index is -0.549. The van der Waals surface area contributed by atoms with Gasteiger partial charge in [-0.05, 0) is 42.3 Å². The van der Waals surface area contributed by atoms with Crippen molar-refractivity contribution >= 4 is 17.1 Å². The Morgan fingerprint density at radius 2 is 1.97 bits per heavy atom. The van der Waals surface area contributed by atoms with E-state index in [2.05, 4.69) is 15.2 Å². The highest BCUT2D eigenvalue weighted by atomic mass is 16.5. The highest BCUT2D eigenvalue weighted by molar-refractivity contribution is 5.95. The number of benzene rings is 2. The largest absolute Gasteiger partial charge is 0.465 e. The molecule has 8 nitrogen and oxygen atoms in total. The topological polar surface area (TPSA) is 103 Å². The highest BCUT2D eigenvalue weighted by Gasteiger charge is 2.21. The van der Waals surface area contributed by atoms with Crippen LogP contribution in [0.3, 0.4) is 0 Å². The van der Waals surface area contributed by atoms with Gasteiger partial charge in [0.2, 0.25) is 5.89 Å². The standard InChI is InChI=1S/C23H18N4O4/c1-13-3-8-19-18(9-13)24-22(31-19)15-6-4-14(5-7-15)10-27-11-16-20(25-26-21(16)28)17(12-27)23(29)30-2/h3-9,11-12H,10H2,1-2H3,(H,26,28). The Bertz CT molecular complexity index is 1440. The van der Waals surface area contributed by atoms with Gasteiger partial charge < -0.3 is 13.7 Å². The molecule has 0 aliphatic carbocycles. The number of hydrogen-bond acceptors (Lipinski definition) is 6. The maximum absolute atomic E-state index is 12.1. The van der Waals surface area contributed by atoms with Crippen molar-refractivity contribution < 1.29 is 13.9 Å². The number of carbonyl (C=O) groups is 1. The van der Waals surface area contributed by atoms with Crippen LogP contribution in [-0.2, 0) is 11.3 Å². The molecule has 3 aromatic rings. The third kappa shape index (κ3) is 3.38. The Morgan fingerprint density at radius 1 is 1.16 bits per heavy atom. The smallest absolute Gasteiger partial charge is 0.341 e. The maximum atomic E-state index is 12.1. The molecule has 2 aromatic carbocycles. The Kier molecular flexibility index (Phi) is 4.39. The van der Waals surface area contributed by atoms with Crippen molar-refractivity contribution in [3.63, 3.8) is 0 Å². The minimum absolute atomic E-state index is 0.233. The molecule has 5 rings (SSSR count). The van der Waals surface area contributed by atoms with Crippen molar-refractivity contribution in [2.24, 2.45) is 0 Å². The Hall–Kier alpha value is -4.20. The van der Waals surface area contributed by atoms with Gasteiger partial charge in [-0.15, -0.1) is 0 Å². The van der Waals surface area contributed by atoms with E-state index in [9.17, 15) is 9.59 Å². The quantitative estimate of drug-likeness (QED) is 0.451. The fraction of sp³-hybridized carbons (Fsp3) is 0.130. The number of nitrogens with zero attached hydrogens (tertiary/aromatic N) is 3. The third-order valence-corrected chi connectivity index (χ3v) is 5.13. The number of aromatic amines is 1. The van der Waals surface area contributed by atoms with Gasteiger partial charge in [0.05, 0.1) is 12.7 Å². The summed E-state index contributed by atoms with van der Waals surface area (Å²) in [5, 5.41) is 6.32. The summed E-state index contributed by atoms with van der Waals surface area (Å²) in [6.07, 6.45) is 3.30. The molecule has 31 heavy (non-hydrogen) atoms. The van der Waals surface area contributed by atoms with Crippen LogP contribution in [0.2, 0.25) is 0 Å². The van der Waals surface area contributed by atoms with Crippen LogP contribution in [0.15, 0.2) is 64.1 Å². The number of rotatable bonds is 4.